The summed E-state index contributed by atoms with van der Waals surface area (Å²) in [6.45, 7) is 6.41. The highest BCUT2D eigenvalue weighted by molar-refractivity contribution is 7.92. The Morgan fingerprint density at radius 2 is 1.44 bits per heavy atom. The first-order valence-corrected chi connectivity index (χ1v) is 15.8. The number of ether oxygens (including phenoxy) is 4. The molecule has 11 nitrogen and oxygen atoms in total. The molecule has 2 amide bonds. The number of benzene rings is 3. The predicted octanol–water partition coefficient (Wildman–Crippen LogP) is 4.90. The third kappa shape index (κ3) is 8.73. The van der Waals surface area contributed by atoms with Crippen LogP contribution in [0.15, 0.2) is 65.6 Å². The van der Waals surface area contributed by atoms with Crippen molar-refractivity contribution in [1.82, 2.24) is 10.2 Å². The highest BCUT2D eigenvalue weighted by atomic mass is 35.5. The number of rotatable bonds is 13. The highest BCUT2D eigenvalue weighted by Gasteiger charge is 2.35. The Bertz CT molecular complexity index is 1610. The summed E-state index contributed by atoms with van der Waals surface area (Å²) in [6.07, 6.45) is 0. The lowest BCUT2D eigenvalue weighted by atomic mass is 10.1. The average Bonchev–Trinajstić information content (AvgIpc) is 3.00. The van der Waals surface area contributed by atoms with E-state index < -0.39 is 40.0 Å². The Morgan fingerprint density at radius 3 is 2.00 bits per heavy atom. The van der Waals surface area contributed by atoms with Crippen molar-refractivity contribution in [2.75, 3.05) is 39.3 Å². The first-order valence-electron chi connectivity index (χ1n) is 14.0. The molecule has 13 heteroatoms. The minimum atomic E-state index is -4.45. The monoisotopic (exact) mass is 661 g/mol. The van der Waals surface area contributed by atoms with Gasteiger partial charge in [-0.2, -0.15) is 0 Å². The van der Waals surface area contributed by atoms with Gasteiger partial charge in [0.25, 0.3) is 10.0 Å². The fraction of sp³-hybridized carbons (Fsp3) is 0.375. The zero-order chi connectivity index (χ0) is 33.5. The molecule has 1 unspecified atom stereocenters. The van der Waals surface area contributed by atoms with Crippen molar-refractivity contribution in [2.24, 2.45) is 0 Å². The largest absolute Gasteiger partial charge is 0.497 e. The summed E-state index contributed by atoms with van der Waals surface area (Å²) in [5.41, 5.74) is 0.162. The Balaban J connectivity index is 2.15. The van der Waals surface area contributed by atoms with E-state index in [1.54, 1.807) is 44.4 Å². The predicted molar refractivity (Wildman–Crippen MR) is 173 cm³/mol. The van der Waals surface area contributed by atoms with Crippen molar-refractivity contribution in [3.05, 3.63) is 71.2 Å². The van der Waals surface area contributed by atoms with Crippen molar-refractivity contribution in [3.63, 3.8) is 0 Å². The number of nitrogens with one attached hydrogen (secondary N) is 1. The zero-order valence-electron chi connectivity index (χ0n) is 26.7. The molecule has 0 saturated heterocycles. The number of carbonyl (C=O) groups excluding carboxylic acids is 2. The molecule has 0 bridgehead atoms. The van der Waals surface area contributed by atoms with Gasteiger partial charge in [-0.15, -0.1) is 0 Å². The van der Waals surface area contributed by atoms with Gasteiger partial charge in [-0.3, -0.25) is 13.9 Å². The van der Waals surface area contributed by atoms with Gasteiger partial charge in [-0.05, 0) is 75.7 Å². The van der Waals surface area contributed by atoms with E-state index in [9.17, 15) is 18.0 Å². The number of hydrogen-bond donors (Lipinski definition) is 1. The van der Waals surface area contributed by atoms with E-state index in [1.807, 2.05) is 20.8 Å². The minimum Gasteiger partial charge on any atom is -0.497 e. The van der Waals surface area contributed by atoms with Crippen LogP contribution in [0.2, 0.25) is 5.02 Å². The van der Waals surface area contributed by atoms with Crippen molar-refractivity contribution in [2.45, 2.75) is 50.7 Å². The lowest BCUT2D eigenvalue weighted by Crippen LogP contribution is -2.54. The molecule has 0 aromatic heterocycles. The maximum atomic E-state index is 14.3. The molecule has 0 aliphatic rings. The minimum absolute atomic E-state index is 0.0124. The number of sulfonamides is 1. The van der Waals surface area contributed by atoms with Gasteiger partial charge < -0.3 is 29.2 Å². The summed E-state index contributed by atoms with van der Waals surface area (Å²) in [6, 6.07) is 14.6. The molecule has 0 aliphatic heterocycles. The van der Waals surface area contributed by atoms with E-state index in [2.05, 4.69) is 5.32 Å². The molecule has 0 spiro atoms. The molecule has 3 aromatic rings. The third-order valence-corrected chi connectivity index (χ3v) is 8.80. The quantitative estimate of drug-likeness (QED) is 0.274. The number of carbonyl (C=O) groups is 2. The fourth-order valence-electron chi connectivity index (χ4n) is 4.46. The Morgan fingerprint density at radius 1 is 0.844 bits per heavy atom. The smallest absolute Gasteiger partial charge is 0.265 e. The molecule has 0 heterocycles. The second-order valence-electron chi connectivity index (χ2n) is 11.1. The van der Waals surface area contributed by atoms with E-state index in [0.717, 1.165) is 4.31 Å². The van der Waals surface area contributed by atoms with Gasteiger partial charge in [0, 0.05) is 23.2 Å². The van der Waals surface area contributed by atoms with Gasteiger partial charge >= 0.3 is 0 Å². The Kier molecular flexibility index (Phi) is 11.6. The van der Waals surface area contributed by atoms with Crippen LogP contribution >= 0.6 is 11.6 Å². The Hall–Kier alpha value is -4.16. The molecule has 3 rings (SSSR count). The van der Waals surface area contributed by atoms with E-state index in [4.69, 9.17) is 30.5 Å². The average molecular weight is 662 g/mol. The summed E-state index contributed by atoms with van der Waals surface area (Å²) in [5.74, 6) is 0.236. The van der Waals surface area contributed by atoms with E-state index in [-0.39, 0.29) is 33.6 Å². The zero-order valence-corrected chi connectivity index (χ0v) is 28.3. The summed E-state index contributed by atoms with van der Waals surface area (Å²) >= 11 is 6.31. The second kappa shape index (κ2) is 14.7. The van der Waals surface area contributed by atoms with E-state index in [1.165, 1.54) is 56.6 Å². The molecular formula is C32H40ClN3O8S. The highest BCUT2D eigenvalue weighted by Crippen LogP contribution is 2.37. The number of halogens is 1. The molecule has 1 atom stereocenters. The third-order valence-electron chi connectivity index (χ3n) is 6.81. The molecule has 0 aliphatic carbocycles. The van der Waals surface area contributed by atoms with Crippen LogP contribution in [0.1, 0.15) is 33.3 Å². The van der Waals surface area contributed by atoms with Crippen molar-refractivity contribution >= 4 is 39.1 Å². The summed E-state index contributed by atoms with van der Waals surface area (Å²) in [4.78, 5) is 28.7. The van der Waals surface area contributed by atoms with Crippen LogP contribution in [-0.2, 0) is 26.2 Å². The standard InChI is InChI=1S/C32H40ClN3O8S/c1-21(31(38)34-32(2,3)4)35(19-22-9-12-24(41-5)13-10-22)30(37)20-36(26-17-23(33)11-15-27(26)42-6)45(39,40)25-14-16-28(43-7)29(18-25)44-8/h9-18,21H,19-20H2,1-8H3,(H,34,38). The van der Waals surface area contributed by atoms with E-state index in [0.29, 0.717) is 17.1 Å². The molecule has 244 valence electrons. The van der Waals surface area contributed by atoms with Gasteiger partial charge in [-0.25, -0.2) is 8.42 Å². The number of amides is 2. The van der Waals surface area contributed by atoms with Gasteiger partial charge in [0.1, 0.15) is 24.1 Å². The van der Waals surface area contributed by atoms with Crippen LogP contribution < -0.4 is 28.6 Å². The van der Waals surface area contributed by atoms with Crippen molar-refractivity contribution < 1.29 is 37.0 Å². The van der Waals surface area contributed by atoms with Crippen LogP contribution in [0.3, 0.4) is 0 Å². The first-order chi connectivity index (χ1) is 21.1. The number of hydrogen-bond acceptors (Lipinski definition) is 8. The first kappa shape index (κ1) is 35.3. The SMILES string of the molecule is COc1ccc(CN(C(=O)CN(c2cc(Cl)ccc2OC)S(=O)(=O)c2ccc(OC)c(OC)c2)C(C)C(=O)NC(C)(C)C)cc1. The molecule has 45 heavy (non-hydrogen) atoms. The number of methoxy groups -OCH3 is 4. The van der Waals surface area contributed by atoms with E-state index >= 15 is 0 Å². The van der Waals surface area contributed by atoms with Gasteiger partial charge in [0.15, 0.2) is 11.5 Å². The summed E-state index contributed by atoms with van der Waals surface area (Å²) < 4.78 is 50.9. The number of nitrogens with zero attached hydrogens (tertiary/aromatic N) is 2. The summed E-state index contributed by atoms with van der Waals surface area (Å²) in [7, 11) is 1.29. The van der Waals surface area contributed by atoms with Gasteiger partial charge in [0.05, 0.1) is 39.0 Å². The van der Waals surface area contributed by atoms with Crippen molar-refractivity contribution in [1.29, 1.82) is 0 Å². The van der Waals surface area contributed by atoms with Gasteiger partial charge in [0.2, 0.25) is 11.8 Å². The van der Waals surface area contributed by atoms with Crippen LogP contribution in [-0.4, -0.2) is 71.7 Å². The maximum Gasteiger partial charge on any atom is 0.265 e. The van der Waals surface area contributed by atoms with Crippen LogP contribution in [0, 0.1) is 0 Å². The molecule has 1 N–H and O–H groups in total. The molecule has 0 saturated carbocycles. The number of anilines is 1. The topological polar surface area (TPSA) is 124 Å². The Labute approximate surface area is 270 Å². The molecule has 0 fully saturated rings. The van der Waals surface area contributed by atoms with Gasteiger partial charge in [-0.1, -0.05) is 23.7 Å². The molecule has 0 radical (unpaired) electrons. The lowest BCUT2D eigenvalue weighted by Gasteiger charge is -2.33. The van der Waals surface area contributed by atoms with Crippen LogP contribution in [0.25, 0.3) is 0 Å². The molecule has 3 aromatic carbocycles. The normalized spacial score (nSPS) is 12.1. The maximum absolute atomic E-state index is 14.3. The second-order valence-corrected chi connectivity index (χ2v) is 13.4. The lowest BCUT2D eigenvalue weighted by molar-refractivity contribution is -0.140. The summed E-state index contributed by atoms with van der Waals surface area (Å²) in [5, 5.41) is 3.12. The fourth-order valence-corrected chi connectivity index (χ4v) is 6.06. The molecular weight excluding hydrogens is 622 g/mol. The van der Waals surface area contributed by atoms with Crippen molar-refractivity contribution in [3.8, 4) is 23.0 Å². The van der Waals surface area contributed by atoms with Crippen LogP contribution in [0.4, 0.5) is 5.69 Å². The van der Waals surface area contributed by atoms with Crippen LogP contribution in [0.5, 0.6) is 23.0 Å².